The molecule has 0 spiro atoms. The van der Waals surface area contributed by atoms with Gasteiger partial charge in [-0.2, -0.15) is 0 Å². The minimum absolute atomic E-state index is 0.276. The number of halogens is 1. The fraction of sp³-hybridized carbons (Fsp3) is 0.143. The molecule has 5 nitrogen and oxygen atoms in total. The first kappa shape index (κ1) is 14.1. The van der Waals surface area contributed by atoms with Crippen LogP contribution in [-0.2, 0) is 6.54 Å². The molecule has 0 saturated carbocycles. The van der Waals surface area contributed by atoms with Gasteiger partial charge >= 0.3 is 0 Å². The van der Waals surface area contributed by atoms with E-state index in [9.17, 15) is 4.79 Å². The Morgan fingerprint density at radius 3 is 2.60 bits per heavy atom. The van der Waals surface area contributed by atoms with E-state index in [0.29, 0.717) is 17.4 Å². The molecule has 104 valence electrons. The average Bonchev–Trinajstić information content (AvgIpc) is 2.41. The Labute approximate surface area is 122 Å². The van der Waals surface area contributed by atoms with Gasteiger partial charge in [0.15, 0.2) is 0 Å². The van der Waals surface area contributed by atoms with Gasteiger partial charge in [-0.25, -0.2) is 4.98 Å². The molecule has 0 aliphatic carbocycles. The first-order valence-corrected chi connectivity index (χ1v) is 6.36. The van der Waals surface area contributed by atoms with Crippen molar-refractivity contribution in [2.75, 3.05) is 17.7 Å². The largest absolute Gasteiger partial charge is 0.397 e. The second-order valence-corrected chi connectivity index (χ2v) is 4.91. The topological polar surface area (TPSA) is 85.2 Å². The molecule has 0 atom stereocenters. The summed E-state index contributed by atoms with van der Waals surface area (Å²) in [5, 5.41) is 0.693. The van der Waals surface area contributed by atoms with Crippen LogP contribution >= 0.6 is 11.6 Å². The highest BCUT2D eigenvalue weighted by Crippen LogP contribution is 2.19. The molecule has 1 amide bonds. The van der Waals surface area contributed by atoms with E-state index in [1.165, 1.54) is 6.20 Å². The number of aromatic nitrogens is 1. The van der Waals surface area contributed by atoms with Crippen LogP contribution in [0, 0.1) is 0 Å². The first-order valence-electron chi connectivity index (χ1n) is 5.98. The number of hydrogen-bond acceptors (Lipinski definition) is 4. The molecular weight excluding hydrogens is 276 g/mol. The van der Waals surface area contributed by atoms with Gasteiger partial charge in [-0.3, -0.25) is 4.79 Å². The summed E-state index contributed by atoms with van der Waals surface area (Å²) in [6, 6.07) is 9.12. The predicted octanol–water partition coefficient (Wildman–Crippen LogP) is 2.05. The van der Waals surface area contributed by atoms with Crippen LogP contribution in [-0.4, -0.2) is 17.9 Å². The van der Waals surface area contributed by atoms with Gasteiger partial charge in [-0.1, -0.05) is 23.7 Å². The maximum absolute atomic E-state index is 11.3. The number of nitrogens with zero attached hydrogens (tertiary/aromatic N) is 2. The summed E-state index contributed by atoms with van der Waals surface area (Å²) in [6.07, 6.45) is 1.44. The number of anilines is 2. The van der Waals surface area contributed by atoms with Crippen molar-refractivity contribution in [2.45, 2.75) is 6.54 Å². The van der Waals surface area contributed by atoms with Gasteiger partial charge in [0.1, 0.15) is 5.82 Å². The van der Waals surface area contributed by atoms with Crippen LogP contribution in [0.25, 0.3) is 0 Å². The summed E-state index contributed by atoms with van der Waals surface area (Å²) < 4.78 is 0. The third-order valence-corrected chi connectivity index (χ3v) is 3.16. The van der Waals surface area contributed by atoms with E-state index in [1.807, 2.05) is 36.2 Å². The second kappa shape index (κ2) is 5.79. The van der Waals surface area contributed by atoms with E-state index in [2.05, 4.69) is 4.98 Å². The molecule has 2 aromatic rings. The van der Waals surface area contributed by atoms with Gasteiger partial charge in [0.05, 0.1) is 17.4 Å². The Morgan fingerprint density at radius 1 is 1.35 bits per heavy atom. The summed E-state index contributed by atoms with van der Waals surface area (Å²) >= 11 is 5.85. The lowest BCUT2D eigenvalue weighted by molar-refractivity contribution is 0.100. The van der Waals surface area contributed by atoms with Crippen LogP contribution in [0.5, 0.6) is 0 Å². The molecule has 2 rings (SSSR count). The standard InChI is InChI=1S/C14H15ClN4O/c1-19(8-9-2-4-10(15)5-3-9)13-6-11(14(17)20)12(16)7-18-13/h2-7H,8,16H2,1H3,(H2,17,20). The summed E-state index contributed by atoms with van der Waals surface area (Å²) in [7, 11) is 1.87. The normalized spacial score (nSPS) is 10.3. The van der Waals surface area contributed by atoms with Crippen molar-refractivity contribution in [3.8, 4) is 0 Å². The number of rotatable bonds is 4. The van der Waals surface area contributed by atoms with Crippen LogP contribution in [0.1, 0.15) is 15.9 Å². The molecule has 0 aliphatic rings. The quantitative estimate of drug-likeness (QED) is 0.902. The van der Waals surface area contributed by atoms with Crippen LogP contribution in [0.15, 0.2) is 36.5 Å². The van der Waals surface area contributed by atoms with E-state index < -0.39 is 5.91 Å². The van der Waals surface area contributed by atoms with Crippen molar-refractivity contribution < 1.29 is 4.79 Å². The third-order valence-electron chi connectivity index (χ3n) is 2.91. The van der Waals surface area contributed by atoms with Gasteiger partial charge in [-0.15, -0.1) is 0 Å². The molecule has 1 aromatic heterocycles. The fourth-order valence-corrected chi connectivity index (χ4v) is 1.95. The number of nitrogens with two attached hydrogens (primary N) is 2. The van der Waals surface area contributed by atoms with E-state index in [-0.39, 0.29) is 11.3 Å². The van der Waals surface area contributed by atoms with Crippen molar-refractivity contribution >= 4 is 29.0 Å². The zero-order chi connectivity index (χ0) is 14.7. The van der Waals surface area contributed by atoms with Gasteiger partial charge in [0.2, 0.25) is 0 Å². The van der Waals surface area contributed by atoms with Crippen LogP contribution in [0.2, 0.25) is 5.02 Å². The van der Waals surface area contributed by atoms with Gasteiger partial charge in [-0.05, 0) is 23.8 Å². The van der Waals surface area contributed by atoms with Crippen LogP contribution in [0.3, 0.4) is 0 Å². The second-order valence-electron chi connectivity index (χ2n) is 4.48. The minimum Gasteiger partial charge on any atom is -0.397 e. The molecule has 0 unspecified atom stereocenters. The number of carbonyl (C=O) groups is 1. The van der Waals surface area contributed by atoms with Gasteiger partial charge in [0.25, 0.3) is 5.91 Å². The number of primary amides is 1. The molecule has 1 aromatic carbocycles. The molecule has 0 saturated heterocycles. The van der Waals surface area contributed by atoms with Gasteiger partial charge in [0, 0.05) is 18.6 Å². The highest BCUT2D eigenvalue weighted by Gasteiger charge is 2.10. The lowest BCUT2D eigenvalue weighted by Gasteiger charge is -2.19. The number of benzene rings is 1. The molecule has 0 aliphatic heterocycles. The summed E-state index contributed by atoms with van der Waals surface area (Å²) in [5.41, 5.74) is 12.6. The minimum atomic E-state index is -0.564. The summed E-state index contributed by atoms with van der Waals surface area (Å²) in [4.78, 5) is 17.4. The predicted molar refractivity (Wildman–Crippen MR) is 80.7 cm³/mol. The molecular formula is C14H15ClN4O. The van der Waals surface area contributed by atoms with E-state index in [1.54, 1.807) is 6.07 Å². The Balaban J connectivity index is 2.20. The maximum Gasteiger partial charge on any atom is 0.250 e. The number of amides is 1. The first-order chi connectivity index (χ1) is 9.47. The molecule has 4 N–H and O–H groups in total. The number of nitrogen functional groups attached to an aromatic ring is 1. The SMILES string of the molecule is CN(Cc1ccc(Cl)cc1)c1cc(C(N)=O)c(N)cn1. The summed E-state index contributed by atoms with van der Waals surface area (Å²) in [6.45, 7) is 0.631. The van der Waals surface area contributed by atoms with Crippen molar-refractivity contribution in [2.24, 2.45) is 5.73 Å². The van der Waals surface area contributed by atoms with Crippen molar-refractivity contribution in [3.63, 3.8) is 0 Å². The average molecular weight is 291 g/mol. The Bertz CT molecular complexity index is 628. The van der Waals surface area contributed by atoms with Gasteiger partial charge < -0.3 is 16.4 Å². The zero-order valence-corrected chi connectivity index (χ0v) is 11.8. The van der Waals surface area contributed by atoms with Crippen molar-refractivity contribution in [1.29, 1.82) is 0 Å². The van der Waals surface area contributed by atoms with Crippen LogP contribution in [0.4, 0.5) is 11.5 Å². The molecule has 6 heteroatoms. The van der Waals surface area contributed by atoms with Crippen molar-refractivity contribution in [1.82, 2.24) is 4.98 Å². The lowest BCUT2D eigenvalue weighted by atomic mass is 10.2. The van der Waals surface area contributed by atoms with Crippen molar-refractivity contribution in [3.05, 3.63) is 52.7 Å². The molecule has 0 fully saturated rings. The lowest BCUT2D eigenvalue weighted by Crippen LogP contribution is -2.20. The fourth-order valence-electron chi connectivity index (χ4n) is 1.82. The molecule has 0 bridgehead atoms. The number of pyridine rings is 1. The number of hydrogen-bond donors (Lipinski definition) is 2. The maximum atomic E-state index is 11.3. The molecule has 20 heavy (non-hydrogen) atoms. The van der Waals surface area contributed by atoms with Crippen LogP contribution < -0.4 is 16.4 Å². The monoisotopic (exact) mass is 290 g/mol. The third kappa shape index (κ3) is 3.19. The zero-order valence-electron chi connectivity index (χ0n) is 11.0. The smallest absolute Gasteiger partial charge is 0.250 e. The summed E-state index contributed by atoms with van der Waals surface area (Å²) in [5.74, 6) is 0.0639. The Morgan fingerprint density at radius 2 is 2.00 bits per heavy atom. The van der Waals surface area contributed by atoms with E-state index in [0.717, 1.165) is 5.56 Å². The Kier molecular flexibility index (Phi) is 4.10. The van der Waals surface area contributed by atoms with E-state index >= 15 is 0 Å². The molecule has 1 heterocycles. The molecule has 0 radical (unpaired) electrons. The Hall–Kier alpha value is -2.27. The highest BCUT2D eigenvalue weighted by atomic mass is 35.5. The highest BCUT2D eigenvalue weighted by molar-refractivity contribution is 6.30. The number of carbonyl (C=O) groups excluding carboxylic acids is 1. The van der Waals surface area contributed by atoms with E-state index in [4.69, 9.17) is 23.1 Å².